The fraction of sp³-hybridized carbons (Fsp3) is 0.688. The summed E-state index contributed by atoms with van der Waals surface area (Å²) in [6, 6.07) is 5.16. The summed E-state index contributed by atoms with van der Waals surface area (Å²) in [6.45, 7) is 13.3. The van der Waals surface area contributed by atoms with Crippen LogP contribution in [-0.4, -0.2) is 42.2 Å². The highest BCUT2D eigenvalue weighted by atomic mass is 16.5. The molecule has 4 heteroatoms. The van der Waals surface area contributed by atoms with E-state index in [2.05, 4.69) is 49.0 Å². The Morgan fingerprint density at radius 1 is 1.20 bits per heavy atom. The Hall–Kier alpha value is -1.13. The highest BCUT2D eigenvalue weighted by Gasteiger charge is 2.13. The second-order valence-electron chi connectivity index (χ2n) is 5.76. The highest BCUT2D eigenvalue weighted by Crippen LogP contribution is 2.13. The molecule has 0 bridgehead atoms. The molecule has 1 aromatic heterocycles. The van der Waals surface area contributed by atoms with Crippen LogP contribution in [0.1, 0.15) is 39.0 Å². The van der Waals surface area contributed by atoms with Crippen molar-refractivity contribution in [2.75, 3.05) is 20.2 Å². The number of rotatable bonds is 8. The summed E-state index contributed by atoms with van der Waals surface area (Å²) in [5.41, 5.74) is 2.21. The van der Waals surface area contributed by atoms with Gasteiger partial charge in [0.25, 0.3) is 0 Å². The molecule has 0 aromatic carbocycles. The van der Waals surface area contributed by atoms with Crippen LogP contribution in [0.15, 0.2) is 12.1 Å². The summed E-state index contributed by atoms with van der Waals surface area (Å²) in [5.74, 6) is 0.725. The van der Waals surface area contributed by atoms with Gasteiger partial charge in [-0.1, -0.05) is 0 Å². The first kappa shape index (κ1) is 16.9. The van der Waals surface area contributed by atoms with Gasteiger partial charge in [0.05, 0.1) is 0 Å². The summed E-state index contributed by atoms with van der Waals surface area (Å²) >= 11 is 0. The van der Waals surface area contributed by atoms with Crippen molar-refractivity contribution >= 4 is 0 Å². The van der Waals surface area contributed by atoms with E-state index in [1.165, 1.54) is 5.56 Å². The number of nitrogens with one attached hydrogen (secondary N) is 1. The zero-order valence-electron chi connectivity index (χ0n) is 13.7. The Labute approximate surface area is 123 Å². The van der Waals surface area contributed by atoms with Crippen LogP contribution < -0.4 is 10.1 Å². The normalized spacial score (nSPS) is 11.7. The molecule has 0 aliphatic heterocycles. The van der Waals surface area contributed by atoms with E-state index in [0.29, 0.717) is 18.7 Å². The third-order valence-electron chi connectivity index (χ3n) is 3.30. The maximum absolute atomic E-state index is 5.82. The lowest BCUT2D eigenvalue weighted by Gasteiger charge is -2.30. The highest BCUT2D eigenvalue weighted by molar-refractivity contribution is 5.24. The average molecular weight is 279 g/mol. The average Bonchev–Trinajstić information content (AvgIpc) is 2.33. The number of nitrogens with zero attached hydrogens (tertiary/aromatic N) is 2. The Kier molecular flexibility index (Phi) is 6.96. The molecule has 0 radical (unpaired) electrons. The molecule has 0 spiro atoms. The van der Waals surface area contributed by atoms with Crippen molar-refractivity contribution in [3.63, 3.8) is 0 Å². The zero-order valence-corrected chi connectivity index (χ0v) is 13.7. The lowest BCUT2D eigenvalue weighted by atomic mass is 10.2. The number of ether oxygens (including phenoxy) is 1. The minimum Gasteiger partial charge on any atom is -0.476 e. The standard InChI is InChI=1S/C16H29N3O/c1-12(2)19(13(3)4)7-8-20-16-10-15(11-17-6)9-14(5)18-16/h9-10,12-13,17H,7-8,11H2,1-6H3. The first-order chi connectivity index (χ1) is 9.43. The van der Waals surface area contributed by atoms with Crippen molar-refractivity contribution < 1.29 is 4.74 Å². The van der Waals surface area contributed by atoms with Crippen molar-refractivity contribution in [1.82, 2.24) is 15.2 Å². The van der Waals surface area contributed by atoms with Crippen molar-refractivity contribution in [3.8, 4) is 5.88 Å². The van der Waals surface area contributed by atoms with Crippen molar-refractivity contribution in [2.24, 2.45) is 0 Å². The van der Waals surface area contributed by atoms with Crippen molar-refractivity contribution in [1.29, 1.82) is 0 Å². The number of aryl methyl sites for hydroxylation is 1. The van der Waals surface area contributed by atoms with E-state index in [0.717, 1.165) is 24.7 Å². The summed E-state index contributed by atoms with van der Waals surface area (Å²) in [5, 5.41) is 3.15. The first-order valence-corrected chi connectivity index (χ1v) is 7.44. The maximum atomic E-state index is 5.82. The summed E-state index contributed by atoms with van der Waals surface area (Å²) in [4.78, 5) is 6.86. The van der Waals surface area contributed by atoms with Crippen LogP contribution in [0.4, 0.5) is 0 Å². The second-order valence-corrected chi connectivity index (χ2v) is 5.76. The molecule has 0 fully saturated rings. The van der Waals surface area contributed by atoms with E-state index < -0.39 is 0 Å². The number of pyridine rings is 1. The van der Waals surface area contributed by atoms with Crippen LogP contribution in [-0.2, 0) is 6.54 Å². The van der Waals surface area contributed by atoms with Crippen LogP contribution in [0.3, 0.4) is 0 Å². The molecule has 1 heterocycles. The molecule has 0 unspecified atom stereocenters. The van der Waals surface area contributed by atoms with Gasteiger partial charge in [-0.25, -0.2) is 4.98 Å². The third kappa shape index (κ3) is 5.47. The largest absolute Gasteiger partial charge is 0.476 e. The van der Waals surface area contributed by atoms with Gasteiger partial charge in [-0.05, 0) is 53.3 Å². The second kappa shape index (κ2) is 8.22. The van der Waals surface area contributed by atoms with Gasteiger partial charge >= 0.3 is 0 Å². The van der Waals surface area contributed by atoms with Gasteiger partial charge in [-0.3, -0.25) is 4.90 Å². The molecule has 20 heavy (non-hydrogen) atoms. The van der Waals surface area contributed by atoms with Crippen LogP contribution in [0.2, 0.25) is 0 Å². The van der Waals surface area contributed by atoms with E-state index in [1.807, 2.05) is 20.0 Å². The lowest BCUT2D eigenvalue weighted by molar-refractivity contribution is 0.140. The van der Waals surface area contributed by atoms with E-state index in [4.69, 9.17) is 4.74 Å². The van der Waals surface area contributed by atoms with Gasteiger partial charge in [-0.15, -0.1) is 0 Å². The molecule has 0 saturated carbocycles. The van der Waals surface area contributed by atoms with E-state index in [9.17, 15) is 0 Å². The van der Waals surface area contributed by atoms with Crippen molar-refractivity contribution in [3.05, 3.63) is 23.4 Å². The molecule has 0 amide bonds. The quantitative estimate of drug-likeness (QED) is 0.794. The van der Waals surface area contributed by atoms with E-state index >= 15 is 0 Å². The predicted octanol–water partition coefficient (Wildman–Crippen LogP) is 2.61. The van der Waals surface area contributed by atoms with Gasteiger partial charge < -0.3 is 10.1 Å². The molecule has 1 N–H and O–H groups in total. The maximum Gasteiger partial charge on any atom is 0.213 e. The molecule has 1 rings (SSSR count). The third-order valence-corrected chi connectivity index (χ3v) is 3.30. The Morgan fingerprint density at radius 3 is 2.40 bits per heavy atom. The van der Waals surface area contributed by atoms with Crippen LogP contribution in [0.25, 0.3) is 0 Å². The predicted molar refractivity (Wildman–Crippen MR) is 84.2 cm³/mol. The Morgan fingerprint density at radius 2 is 1.85 bits per heavy atom. The molecule has 0 saturated heterocycles. The molecule has 0 aliphatic rings. The topological polar surface area (TPSA) is 37.4 Å². The molecule has 0 aliphatic carbocycles. The molecule has 0 atom stereocenters. The molecule has 114 valence electrons. The van der Waals surface area contributed by atoms with Crippen LogP contribution >= 0.6 is 0 Å². The van der Waals surface area contributed by atoms with Gasteiger partial charge in [0.1, 0.15) is 6.61 Å². The number of hydrogen-bond acceptors (Lipinski definition) is 4. The van der Waals surface area contributed by atoms with Crippen LogP contribution in [0, 0.1) is 6.92 Å². The number of aromatic nitrogens is 1. The molecular formula is C16H29N3O. The smallest absolute Gasteiger partial charge is 0.213 e. The van der Waals surface area contributed by atoms with Gasteiger partial charge in [0.15, 0.2) is 0 Å². The first-order valence-electron chi connectivity index (χ1n) is 7.44. The minimum atomic E-state index is 0.531. The van der Waals surface area contributed by atoms with Crippen molar-refractivity contribution in [2.45, 2.75) is 53.2 Å². The Bertz CT molecular complexity index is 397. The minimum absolute atomic E-state index is 0.531. The van der Waals surface area contributed by atoms with Gasteiger partial charge in [0, 0.05) is 36.9 Å². The number of hydrogen-bond donors (Lipinski definition) is 1. The van der Waals surface area contributed by atoms with Gasteiger partial charge in [-0.2, -0.15) is 0 Å². The molecule has 1 aromatic rings. The fourth-order valence-corrected chi connectivity index (χ4v) is 2.46. The summed E-state index contributed by atoms with van der Waals surface area (Å²) in [6.07, 6.45) is 0. The summed E-state index contributed by atoms with van der Waals surface area (Å²) in [7, 11) is 1.94. The zero-order chi connectivity index (χ0) is 15.1. The molecule has 4 nitrogen and oxygen atoms in total. The lowest BCUT2D eigenvalue weighted by Crippen LogP contribution is -2.39. The van der Waals surface area contributed by atoms with Crippen LogP contribution in [0.5, 0.6) is 5.88 Å². The fourth-order valence-electron chi connectivity index (χ4n) is 2.46. The van der Waals surface area contributed by atoms with E-state index in [1.54, 1.807) is 0 Å². The van der Waals surface area contributed by atoms with Gasteiger partial charge in [0.2, 0.25) is 5.88 Å². The van der Waals surface area contributed by atoms with E-state index in [-0.39, 0.29) is 0 Å². The molecular weight excluding hydrogens is 250 g/mol. The summed E-state index contributed by atoms with van der Waals surface area (Å²) < 4.78 is 5.82. The SMILES string of the molecule is CNCc1cc(C)nc(OCCN(C(C)C)C(C)C)c1. The monoisotopic (exact) mass is 279 g/mol. The Balaban J connectivity index is 2.56.